The average molecular weight is 588 g/mol. The summed E-state index contributed by atoms with van der Waals surface area (Å²) in [6.45, 7) is 4.38. The van der Waals surface area contributed by atoms with E-state index in [0.29, 0.717) is 30.2 Å². The van der Waals surface area contributed by atoms with Crippen LogP contribution in [0.3, 0.4) is 0 Å². The highest BCUT2D eigenvalue weighted by Crippen LogP contribution is 2.23. The maximum Gasteiger partial charge on any atom is 0.243 e. The van der Waals surface area contributed by atoms with Gasteiger partial charge in [0.05, 0.1) is 0 Å². The summed E-state index contributed by atoms with van der Waals surface area (Å²) in [7, 11) is 0. The first-order valence-electron chi connectivity index (χ1n) is 12.1. The lowest BCUT2D eigenvalue weighted by atomic mass is 10.0. The maximum absolute atomic E-state index is 13.7. The van der Waals surface area contributed by atoms with Crippen molar-refractivity contribution in [3.63, 3.8) is 0 Å². The summed E-state index contributed by atoms with van der Waals surface area (Å²) in [6.07, 6.45) is 1.59. The molecular formula is C29H32BrClN2O2S. The first-order valence-corrected chi connectivity index (χ1v) is 14.3. The zero-order valence-corrected chi connectivity index (χ0v) is 23.8. The zero-order chi connectivity index (χ0) is 25.9. The number of carbonyl (C=O) groups excluding carboxylic acids is 2. The summed E-state index contributed by atoms with van der Waals surface area (Å²) in [5, 5.41) is 3.80. The molecule has 4 nitrogen and oxygen atoms in total. The molecule has 0 spiro atoms. The largest absolute Gasteiger partial charge is 0.352 e. The molecule has 0 radical (unpaired) electrons. The lowest BCUT2D eigenvalue weighted by Gasteiger charge is -2.32. The van der Waals surface area contributed by atoms with Crippen LogP contribution in [0, 0.1) is 0 Å². The number of carbonyl (C=O) groups is 2. The molecule has 1 N–H and O–H groups in total. The molecule has 0 fully saturated rings. The highest BCUT2D eigenvalue weighted by atomic mass is 79.9. The molecule has 3 rings (SSSR count). The van der Waals surface area contributed by atoms with Gasteiger partial charge in [-0.1, -0.05) is 76.9 Å². The van der Waals surface area contributed by atoms with Crippen LogP contribution in [-0.2, 0) is 22.6 Å². The fourth-order valence-electron chi connectivity index (χ4n) is 3.76. The van der Waals surface area contributed by atoms with E-state index in [2.05, 4.69) is 21.2 Å². The standard InChI is InChI=1S/C29H32BrClN2O2S/c1-3-21(2)32-29(35)27(19-22-8-5-4-6-9-22)33(20-23-10-7-11-24(30)18-23)28(34)16-17-36-26-14-12-25(31)13-15-26/h4-15,18,21,27H,3,16-17,19-20H2,1-2H3,(H,32,35). The van der Waals surface area contributed by atoms with E-state index in [9.17, 15) is 9.59 Å². The predicted octanol–water partition coefficient (Wildman–Crippen LogP) is 7.14. The third kappa shape index (κ3) is 8.99. The highest BCUT2D eigenvalue weighted by molar-refractivity contribution is 9.10. The second kappa shape index (κ2) is 14.5. The lowest BCUT2D eigenvalue weighted by molar-refractivity contribution is -0.141. The van der Waals surface area contributed by atoms with Gasteiger partial charge in [-0.05, 0) is 60.9 Å². The molecule has 0 bridgehead atoms. The molecule has 2 atom stereocenters. The maximum atomic E-state index is 13.7. The van der Waals surface area contributed by atoms with E-state index in [1.54, 1.807) is 16.7 Å². The van der Waals surface area contributed by atoms with Crippen molar-refractivity contribution in [2.75, 3.05) is 5.75 Å². The predicted molar refractivity (Wildman–Crippen MR) is 153 cm³/mol. The average Bonchev–Trinajstić information content (AvgIpc) is 2.87. The Morgan fingerprint density at radius 1 is 1.00 bits per heavy atom. The number of benzene rings is 3. The summed E-state index contributed by atoms with van der Waals surface area (Å²) in [4.78, 5) is 30.0. The monoisotopic (exact) mass is 586 g/mol. The van der Waals surface area contributed by atoms with Gasteiger partial charge in [-0.2, -0.15) is 0 Å². The lowest BCUT2D eigenvalue weighted by Crippen LogP contribution is -2.52. The van der Waals surface area contributed by atoms with Crippen LogP contribution in [0.1, 0.15) is 37.8 Å². The SMILES string of the molecule is CCC(C)NC(=O)C(Cc1ccccc1)N(Cc1cccc(Br)c1)C(=O)CCSc1ccc(Cl)cc1. The Morgan fingerprint density at radius 2 is 1.69 bits per heavy atom. The van der Waals surface area contributed by atoms with Gasteiger partial charge >= 0.3 is 0 Å². The number of rotatable bonds is 12. The molecule has 0 aliphatic heterocycles. The second-order valence-electron chi connectivity index (χ2n) is 8.73. The van der Waals surface area contributed by atoms with Crippen LogP contribution in [-0.4, -0.2) is 34.6 Å². The Kier molecular flexibility index (Phi) is 11.4. The molecule has 7 heteroatoms. The smallest absolute Gasteiger partial charge is 0.243 e. The summed E-state index contributed by atoms with van der Waals surface area (Å²) in [6, 6.07) is 24.8. The molecule has 2 amide bonds. The Morgan fingerprint density at radius 3 is 2.36 bits per heavy atom. The van der Waals surface area contributed by atoms with Crippen molar-refractivity contribution in [2.45, 2.75) is 56.6 Å². The number of halogens is 2. The zero-order valence-electron chi connectivity index (χ0n) is 20.6. The molecule has 2 unspecified atom stereocenters. The minimum absolute atomic E-state index is 0.0269. The Labute approximate surface area is 231 Å². The molecule has 0 heterocycles. The van der Waals surface area contributed by atoms with Gasteiger partial charge < -0.3 is 10.2 Å². The molecular weight excluding hydrogens is 556 g/mol. The molecule has 0 saturated heterocycles. The van der Waals surface area contributed by atoms with Crippen LogP contribution in [0.15, 0.2) is 88.2 Å². The summed E-state index contributed by atoms with van der Waals surface area (Å²) in [5.41, 5.74) is 1.99. The molecule has 3 aromatic carbocycles. The highest BCUT2D eigenvalue weighted by Gasteiger charge is 2.30. The first kappa shape index (κ1) is 28.3. The number of nitrogens with one attached hydrogen (secondary N) is 1. The van der Waals surface area contributed by atoms with Crippen LogP contribution in [0.4, 0.5) is 0 Å². The number of amides is 2. The van der Waals surface area contributed by atoms with Crippen molar-refractivity contribution >= 4 is 51.1 Å². The molecule has 0 aliphatic rings. The molecule has 0 aromatic heterocycles. The van der Waals surface area contributed by atoms with Crippen molar-refractivity contribution in [1.82, 2.24) is 10.2 Å². The van der Waals surface area contributed by atoms with Crippen LogP contribution >= 0.6 is 39.3 Å². The number of hydrogen-bond donors (Lipinski definition) is 1. The summed E-state index contributed by atoms with van der Waals surface area (Å²) < 4.78 is 0.939. The van der Waals surface area contributed by atoms with E-state index in [1.807, 2.05) is 92.7 Å². The molecule has 190 valence electrons. The Bertz CT molecular complexity index is 1130. The van der Waals surface area contributed by atoms with E-state index in [0.717, 1.165) is 26.9 Å². The Balaban J connectivity index is 1.85. The minimum atomic E-state index is -0.617. The normalized spacial score (nSPS) is 12.6. The van der Waals surface area contributed by atoms with Crippen molar-refractivity contribution in [3.8, 4) is 0 Å². The van der Waals surface area contributed by atoms with Gasteiger partial charge in [0.1, 0.15) is 6.04 Å². The molecule has 0 saturated carbocycles. The quantitative estimate of drug-likeness (QED) is 0.229. The Hall–Kier alpha value is -2.28. The fraction of sp³-hybridized carbons (Fsp3) is 0.310. The minimum Gasteiger partial charge on any atom is -0.352 e. The van der Waals surface area contributed by atoms with E-state index < -0.39 is 6.04 Å². The van der Waals surface area contributed by atoms with Crippen LogP contribution in [0.2, 0.25) is 5.02 Å². The van der Waals surface area contributed by atoms with Crippen molar-refractivity contribution < 1.29 is 9.59 Å². The first-order chi connectivity index (χ1) is 17.4. The van der Waals surface area contributed by atoms with Crippen molar-refractivity contribution in [3.05, 3.63) is 99.5 Å². The van der Waals surface area contributed by atoms with Gasteiger partial charge in [0.25, 0.3) is 0 Å². The van der Waals surface area contributed by atoms with Gasteiger partial charge in [0, 0.05) is 45.6 Å². The van der Waals surface area contributed by atoms with Gasteiger partial charge in [-0.25, -0.2) is 0 Å². The van der Waals surface area contributed by atoms with Crippen molar-refractivity contribution in [1.29, 1.82) is 0 Å². The van der Waals surface area contributed by atoms with Crippen LogP contribution in [0.25, 0.3) is 0 Å². The number of hydrogen-bond acceptors (Lipinski definition) is 3. The van der Waals surface area contributed by atoms with Gasteiger partial charge in [0.2, 0.25) is 11.8 Å². The molecule has 0 aliphatic carbocycles. The van der Waals surface area contributed by atoms with Gasteiger partial charge in [-0.3, -0.25) is 9.59 Å². The number of thioether (sulfide) groups is 1. The topological polar surface area (TPSA) is 49.4 Å². The summed E-state index contributed by atoms with van der Waals surface area (Å²) in [5.74, 6) is 0.444. The van der Waals surface area contributed by atoms with Crippen LogP contribution in [0.5, 0.6) is 0 Å². The van der Waals surface area contributed by atoms with E-state index in [1.165, 1.54) is 0 Å². The van der Waals surface area contributed by atoms with E-state index in [4.69, 9.17) is 11.6 Å². The second-order valence-corrected chi connectivity index (χ2v) is 11.2. The third-order valence-corrected chi connectivity index (χ3v) is 7.67. The third-order valence-electron chi connectivity index (χ3n) is 5.91. The number of nitrogens with zero attached hydrogens (tertiary/aromatic N) is 1. The molecule has 3 aromatic rings. The fourth-order valence-corrected chi connectivity index (χ4v) is 5.17. The van der Waals surface area contributed by atoms with Crippen molar-refractivity contribution in [2.24, 2.45) is 0 Å². The van der Waals surface area contributed by atoms with E-state index in [-0.39, 0.29) is 17.9 Å². The van der Waals surface area contributed by atoms with E-state index >= 15 is 0 Å². The van der Waals surface area contributed by atoms with Crippen LogP contribution < -0.4 is 5.32 Å². The molecule has 36 heavy (non-hydrogen) atoms. The van der Waals surface area contributed by atoms with Gasteiger partial charge in [-0.15, -0.1) is 11.8 Å². The summed E-state index contributed by atoms with van der Waals surface area (Å²) >= 11 is 11.1. The van der Waals surface area contributed by atoms with Gasteiger partial charge in [0.15, 0.2) is 0 Å².